The van der Waals surface area contributed by atoms with Crippen LogP contribution in [0.15, 0.2) is 18.2 Å². The summed E-state index contributed by atoms with van der Waals surface area (Å²) in [6.07, 6.45) is 1.65. The van der Waals surface area contributed by atoms with Crippen LogP contribution in [0.25, 0.3) is 11.0 Å². The molecule has 0 amide bonds. The van der Waals surface area contributed by atoms with Gasteiger partial charge in [-0.1, -0.05) is 5.21 Å². The predicted molar refractivity (Wildman–Crippen MR) is 70.6 cm³/mol. The maximum atomic E-state index is 11.4. The van der Waals surface area contributed by atoms with Crippen molar-refractivity contribution in [3.05, 3.63) is 23.8 Å². The molecule has 0 aliphatic carbocycles. The summed E-state index contributed by atoms with van der Waals surface area (Å²) in [6.45, 7) is 0. The van der Waals surface area contributed by atoms with Crippen molar-refractivity contribution in [2.24, 2.45) is 0 Å². The van der Waals surface area contributed by atoms with Crippen LogP contribution in [-0.2, 0) is 10.8 Å². The van der Waals surface area contributed by atoms with Crippen molar-refractivity contribution in [1.29, 1.82) is 0 Å². The van der Waals surface area contributed by atoms with E-state index in [2.05, 4.69) is 10.3 Å². The molecule has 7 heteroatoms. The van der Waals surface area contributed by atoms with Gasteiger partial charge in [0.05, 0.1) is 17.1 Å². The Hall–Kier alpha value is -1.76. The number of rotatable bonds is 2. The van der Waals surface area contributed by atoms with Crippen LogP contribution < -0.4 is 0 Å². The van der Waals surface area contributed by atoms with Crippen molar-refractivity contribution in [2.45, 2.75) is 18.9 Å². The molecule has 1 N–H and O–H groups in total. The van der Waals surface area contributed by atoms with Crippen LogP contribution in [0.5, 0.6) is 0 Å². The Balaban J connectivity index is 1.97. The molecule has 1 saturated heterocycles. The zero-order valence-corrected chi connectivity index (χ0v) is 11.0. The van der Waals surface area contributed by atoms with Gasteiger partial charge in [-0.05, 0) is 31.0 Å². The number of aromatic carboxylic acids is 1. The molecule has 0 spiro atoms. The van der Waals surface area contributed by atoms with E-state index in [0.29, 0.717) is 17.0 Å². The van der Waals surface area contributed by atoms with Crippen LogP contribution in [-0.4, -0.2) is 41.8 Å². The SMILES string of the molecule is O=C(O)c1ccc2c(c1)nnn2C1CCS(=O)CC1. The minimum Gasteiger partial charge on any atom is -0.478 e. The maximum absolute atomic E-state index is 11.4. The van der Waals surface area contributed by atoms with E-state index in [1.165, 1.54) is 6.07 Å². The van der Waals surface area contributed by atoms with Gasteiger partial charge in [0.2, 0.25) is 0 Å². The van der Waals surface area contributed by atoms with Gasteiger partial charge in [-0.2, -0.15) is 0 Å². The summed E-state index contributed by atoms with van der Waals surface area (Å²) in [6, 6.07) is 5.04. The molecule has 0 radical (unpaired) electrons. The number of carboxylic acids is 1. The summed E-state index contributed by atoms with van der Waals surface area (Å²) < 4.78 is 13.2. The third kappa shape index (κ3) is 2.25. The highest BCUT2D eigenvalue weighted by Gasteiger charge is 2.22. The van der Waals surface area contributed by atoms with Crippen LogP contribution in [0.2, 0.25) is 0 Å². The first-order valence-corrected chi connectivity index (χ1v) is 7.57. The summed E-state index contributed by atoms with van der Waals surface area (Å²) in [5, 5.41) is 17.1. The standard InChI is InChI=1S/C12H13N3O3S/c16-12(17)8-1-2-11-10(7-8)13-14-15(11)9-3-5-19(18)6-4-9/h1-2,7,9H,3-6H2,(H,16,17). The molecule has 3 rings (SSSR count). The zero-order valence-electron chi connectivity index (χ0n) is 10.2. The highest BCUT2D eigenvalue weighted by atomic mass is 32.2. The first-order valence-electron chi connectivity index (χ1n) is 6.08. The average molecular weight is 279 g/mol. The quantitative estimate of drug-likeness (QED) is 0.893. The van der Waals surface area contributed by atoms with Crippen molar-refractivity contribution in [2.75, 3.05) is 11.5 Å². The van der Waals surface area contributed by atoms with Crippen LogP contribution in [0, 0.1) is 0 Å². The lowest BCUT2D eigenvalue weighted by Crippen LogP contribution is -2.22. The number of fused-ring (bicyclic) bond motifs is 1. The van der Waals surface area contributed by atoms with Crippen molar-refractivity contribution < 1.29 is 14.1 Å². The average Bonchev–Trinajstić information content (AvgIpc) is 2.82. The van der Waals surface area contributed by atoms with Gasteiger partial charge in [0, 0.05) is 22.3 Å². The molecule has 19 heavy (non-hydrogen) atoms. The van der Waals surface area contributed by atoms with Gasteiger partial charge >= 0.3 is 5.97 Å². The molecule has 1 fully saturated rings. The van der Waals surface area contributed by atoms with E-state index >= 15 is 0 Å². The van der Waals surface area contributed by atoms with E-state index in [1.54, 1.807) is 12.1 Å². The van der Waals surface area contributed by atoms with Crippen molar-refractivity contribution in [3.63, 3.8) is 0 Å². The summed E-state index contributed by atoms with van der Waals surface area (Å²) in [5.41, 5.74) is 1.64. The zero-order chi connectivity index (χ0) is 13.4. The van der Waals surface area contributed by atoms with Gasteiger partial charge in [0.15, 0.2) is 0 Å². The molecular weight excluding hydrogens is 266 g/mol. The predicted octanol–water partition coefficient (Wildman–Crippen LogP) is 1.21. The van der Waals surface area contributed by atoms with Gasteiger partial charge in [0.25, 0.3) is 0 Å². The Morgan fingerprint density at radius 1 is 1.37 bits per heavy atom. The maximum Gasteiger partial charge on any atom is 0.335 e. The highest BCUT2D eigenvalue weighted by Crippen LogP contribution is 2.25. The van der Waals surface area contributed by atoms with Gasteiger partial charge in [-0.3, -0.25) is 4.21 Å². The highest BCUT2D eigenvalue weighted by molar-refractivity contribution is 7.85. The minimum absolute atomic E-state index is 0.207. The molecule has 1 aromatic carbocycles. The first kappa shape index (κ1) is 12.3. The number of benzene rings is 1. The monoisotopic (exact) mass is 279 g/mol. The van der Waals surface area contributed by atoms with Gasteiger partial charge in [0.1, 0.15) is 5.52 Å². The number of nitrogens with zero attached hydrogens (tertiary/aromatic N) is 3. The number of hydrogen-bond acceptors (Lipinski definition) is 4. The lowest BCUT2D eigenvalue weighted by Gasteiger charge is -2.21. The molecule has 0 saturated carbocycles. The third-order valence-corrected chi connectivity index (χ3v) is 4.80. The Morgan fingerprint density at radius 3 is 2.79 bits per heavy atom. The molecule has 100 valence electrons. The Morgan fingerprint density at radius 2 is 2.11 bits per heavy atom. The largest absolute Gasteiger partial charge is 0.478 e. The van der Waals surface area contributed by atoms with Crippen molar-refractivity contribution >= 4 is 27.8 Å². The van der Waals surface area contributed by atoms with Crippen LogP contribution in [0.3, 0.4) is 0 Å². The fourth-order valence-corrected chi connectivity index (χ4v) is 3.64. The summed E-state index contributed by atoms with van der Waals surface area (Å²) in [7, 11) is -0.705. The normalized spacial score (nSPS) is 23.6. The summed E-state index contributed by atoms with van der Waals surface area (Å²) in [4.78, 5) is 10.9. The summed E-state index contributed by atoms with van der Waals surface area (Å²) in [5.74, 6) is 0.419. The summed E-state index contributed by atoms with van der Waals surface area (Å²) >= 11 is 0. The molecule has 1 aliphatic rings. The second kappa shape index (κ2) is 4.73. The molecule has 2 aromatic rings. The molecule has 0 bridgehead atoms. The van der Waals surface area contributed by atoms with E-state index in [-0.39, 0.29) is 11.6 Å². The number of hydrogen-bond donors (Lipinski definition) is 1. The minimum atomic E-state index is -0.968. The lowest BCUT2D eigenvalue weighted by atomic mass is 10.1. The van der Waals surface area contributed by atoms with Gasteiger partial charge < -0.3 is 5.11 Å². The van der Waals surface area contributed by atoms with Gasteiger partial charge in [-0.15, -0.1) is 5.10 Å². The lowest BCUT2D eigenvalue weighted by molar-refractivity contribution is 0.0697. The Kier molecular flexibility index (Phi) is 3.06. The fourth-order valence-electron chi connectivity index (χ4n) is 2.37. The molecule has 1 aromatic heterocycles. The van der Waals surface area contributed by atoms with Crippen LogP contribution in [0.1, 0.15) is 29.2 Å². The van der Waals surface area contributed by atoms with Crippen LogP contribution in [0.4, 0.5) is 0 Å². The van der Waals surface area contributed by atoms with E-state index < -0.39 is 16.8 Å². The van der Waals surface area contributed by atoms with Gasteiger partial charge in [-0.25, -0.2) is 9.48 Å². The third-order valence-electron chi connectivity index (χ3n) is 3.42. The molecule has 0 unspecified atom stereocenters. The molecule has 2 heterocycles. The molecule has 1 aliphatic heterocycles. The topological polar surface area (TPSA) is 85.1 Å². The Labute approximate surface area is 111 Å². The fraction of sp³-hybridized carbons (Fsp3) is 0.417. The van der Waals surface area contributed by atoms with E-state index in [9.17, 15) is 9.00 Å². The molecular formula is C12H13N3O3S. The van der Waals surface area contributed by atoms with E-state index in [1.807, 2.05) is 4.68 Å². The first-order chi connectivity index (χ1) is 9.15. The molecule has 6 nitrogen and oxygen atoms in total. The Bertz CT molecular complexity index is 657. The number of aromatic nitrogens is 3. The van der Waals surface area contributed by atoms with E-state index in [4.69, 9.17) is 5.11 Å². The smallest absolute Gasteiger partial charge is 0.335 e. The van der Waals surface area contributed by atoms with Crippen LogP contribution >= 0.6 is 0 Å². The van der Waals surface area contributed by atoms with Crippen molar-refractivity contribution in [3.8, 4) is 0 Å². The number of carbonyl (C=O) groups is 1. The van der Waals surface area contributed by atoms with Crippen molar-refractivity contribution in [1.82, 2.24) is 15.0 Å². The second-order valence-electron chi connectivity index (χ2n) is 4.62. The number of carboxylic acid groups (broad SMARTS) is 1. The molecule has 0 atom stereocenters. The second-order valence-corrected chi connectivity index (χ2v) is 6.32. The van der Waals surface area contributed by atoms with E-state index in [0.717, 1.165) is 18.4 Å².